The number of hydrogen-bond donors (Lipinski definition) is 5. The molecule has 45 heavy (non-hydrogen) atoms. The number of nitrogens with one attached hydrogen (secondary N) is 3. The van der Waals surface area contributed by atoms with E-state index in [4.69, 9.17) is 22.1 Å². The lowest BCUT2D eigenvalue weighted by Crippen LogP contribution is -2.57. The van der Waals surface area contributed by atoms with Crippen LogP contribution in [0.1, 0.15) is 56.6 Å². The minimum atomic E-state index is -1.35. The van der Waals surface area contributed by atoms with E-state index in [1.54, 1.807) is 28.8 Å². The number of halogens is 2. The van der Waals surface area contributed by atoms with Crippen LogP contribution < -0.4 is 26.4 Å². The summed E-state index contributed by atoms with van der Waals surface area (Å²) < 4.78 is 7.47. The van der Waals surface area contributed by atoms with Crippen molar-refractivity contribution in [3.05, 3.63) is 40.7 Å². The summed E-state index contributed by atoms with van der Waals surface area (Å²) in [6.45, 7) is 8.22. The molecule has 250 valence electrons. The minimum Gasteiger partial charge on any atom is -0.492 e. The molecule has 1 aromatic carbocycles. The summed E-state index contributed by atoms with van der Waals surface area (Å²) in [5.41, 5.74) is 6.72. The number of fused-ring (bicyclic) bond motifs is 17. The highest BCUT2D eigenvalue weighted by atomic mass is 35.5. The first-order valence-corrected chi connectivity index (χ1v) is 15.2. The summed E-state index contributed by atoms with van der Waals surface area (Å²) in [6, 6.07) is 1.44. The van der Waals surface area contributed by atoms with Crippen LogP contribution in [-0.2, 0) is 27.3 Å². The number of aryl methyl sites for hydroxylation is 1. The molecule has 2 aliphatic rings. The van der Waals surface area contributed by atoms with Gasteiger partial charge in [0.1, 0.15) is 17.8 Å². The lowest BCUT2D eigenvalue weighted by molar-refractivity contribution is -0.133. The molecule has 4 bridgehead atoms. The van der Waals surface area contributed by atoms with Crippen LogP contribution >= 0.6 is 24.0 Å². The van der Waals surface area contributed by atoms with E-state index in [-0.39, 0.29) is 47.9 Å². The van der Waals surface area contributed by atoms with E-state index >= 15 is 0 Å². The first kappa shape index (κ1) is 37.7. The number of carbonyl (C=O) groups is 4. The summed E-state index contributed by atoms with van der Waals surface area (Å²) >= 11 is 6.37. The van der Waals surface area contributed by atoms with Gasteiger partial charge in [0.05, 0.1) is 29.5 Å². The largest absolute Gasteiger partial charge is 0.492 e. The standard InChI is InChI=1S/C29H43ClN8O6.ClH/c1-17(2)14-23-27(41)32-9-12-37(29(43)18(3)31)11-8-21-16-38(36-35-21)10-5-13-44-24-7-6-20(15-22(24)30)26(40)34-25(19(4)39)28(42)33-23;/h6-7,15-19,23,25,39H,5,8-14,31H2,1-4H3,(H,32,41)(H,33,42)(H,34,40);1H/t18-,19-,23-,25+;/m1./s1. The number of rotatable bonds is 4. The van der Waals surface area contributed by atoms with E-state index < -0.39 is 42.0 Å². The Hall–Kier alpha value is -3.46. The molecule has 2 aliphatic heterocycles. The summed E-state index contributed by atoms with van der Waals surface area (Å²) in [6.07, 6.45) is 1.86. The van der Waals surface area contributed by atoms with Gasteiger partial charge < -0.3 is 36.4 Å². The molecule has 1 aromatic heterocycles. The maximum absolute atomic E-state index is 13.2. The molecule has 4 amide bonds. The third-order valence-corrected chi connectivity index (χ3v) is 7.28. The normalized spacial score (nSPS) is 20.5. The molecular formula is C29H44Cl2N8O6. The third-order valence-electron chi connectivity index (χ3n) is 6.98. The van der Waals surface area contributed by atoms with Gasteiger partial charge in [0.25, 0.3) is 5.91 Å². The fraction of sp³-hybridized carbons (Fsp3) is 0.586. The maximum atomic E-state index is 13.2. The van der Waals surface area contributed by atoms with Crippen LogP contribution in [0.3, 0.4) is 0 Å². The molecule has 4 atom stereocenters. The molecule has 2 aromatic rings. The van der Waals surface area contributed by atoms with Crippen molar-refractivity contribution in [1.82, 2.24) is 35.8 Å². The SMILES string of the molecule is CC(C)C[C@H]1NC(=O)[C@H]([C@@H](C)O)NC(=O)c2ccc(c(Cl)c2)OCCCn2cc(nn2)CCN(C(=O)[C@@H](C)N)CCNC1=O.Cl. The molecule has 16 heteroatoms. The Balaban J connectivity index is 0.00000705. The third kappa shape index (κ3) is 11.4. The number of carbonyl (C=O) groups excluding carboxylic acids is 4. The Morgan fingerprint density at radius 3 is 2.51 bits per heavy atom. The van der Waals surface area contributed by atoms with Crippen LogP contribution in [0.15, 0.2) is 24.4 Å². The van der Waals surface area contributed by atoms with Gasteiger partial charge in [-0.05, 0) is 44.4 Å². The summed E-state index contributed by atoms with van der Waals surface area (Å²) in [5, 5.41) is 26.9. The highest BCUT2D eigenvalue weighted by Gasteiger charge is 2.31. The molecular weight excluding hydrogens is 627 g/mol. The fourth-order valence-corrected chi connectivity index (χ4v) is 4.87. The van der Waals surface area contributed by atoms with Gasteiger partial charge >= 0.3 is 0 Å². The fourth-order valence-electron chi connectivity index (χ4n) is 4.63. The van der Waals surface area contributed by atoms with Crippen LogP contribution in [-0.4, -0.2) is 99.1 Å². The van der Waals surface area contributed by atoms with Crippen molar-refractivity contribution in [3.63, 3.8) is 0 Å². The Morgan fingerprint density at radius 2 is 1.87 bits per heavy atom. The van der Waals surface area contributed by atoms with E-state index in [1.165, 1.54) is 19.1 Å². The number of nitrogens with two attached hydrogens (primary N) is 1. The first-order valence-electron chi connectivity index (χ1n) is 14.8. The van der Waals surface area contributed by atoms with Crippen molar-refractivity contribution in [2.24, 2.45) is 11.7 Å². The summed E-state index contributed by atoms with van der Waals surface area (Å²) in [5.74, 6) is -1.70. The van der Waals surface area contributed by atoms with Gasteiger partial charge in [-0.3, -0.25) is 23.9 Å². The van der Waals surface area contributed by atoms with Crippen LogP contribution in [0.4, 0.5) is 0 Å². The van der Waals surface area contributed by atoms with Crippen LogP contribution in [0.25, 0.3) is 0 Å². The Bertz CT molecular complexity index is 1310. The molecule has 0 aliphatic carbocycles. The lowest BCUT2D eigenvalue weighted by Gasteiger charge is -2.27. The van der Waals surface area contributed by atoms with Gasteiger partial charge in [-0.2, -0.15) is 0 Å². The summed E-state index contributed by atoms with van der Waals surface area (Å²) in [7, 11) is 0. The highest BCUT2D eigenvalue weighted by Crippen LogP contribution is 2.26. The van der Waals surface area contributed by atoms with Gasteiger partial charge in [-0.25, -0.2) is 0 Å². The predicted octanol–water partition coefficient (Wildman–Crippen LogP) is 0.681. The van der Waals surface area contributed by atoms with Gasteiger partial charge in [0.2, 0.25) is 17.7 Å². The zero-order chi connectivity index (χ0) is 32.4. The van der Waals surface area contributed by atoms with Crippen LogP contribution in [0.5, 0.6) is 5.75 Å². The van der Waals surface area contributed by atoms with Crippen molar-refractivity contribution < 1.29 is 29.0 Å². The first-order chi connectivity index (χ1) is 20.8. The van der Waals surface area contributed by atoms with Crippen molar-refractivity contribution in [2.45, 2.75) is 77.7 Å². The maximum Gasteiger partial charge on any atom is 0.252 e. The molecule has 6 N–H and O–H groups in total. The average molecular weight is 672 g/mol. The van der Waals surface area contributed by atoms with E-state index in [9.17, 15) is 24.3 Å². The molecule has 0 unspecified atom stereocenters. The number of hydrogen-bond acceptors (Lipinski definition) is 9. The van der Waals surface area contributed by atoms with Gasteiger partial charge in [0.15, 0.2) is 0 Å². The molecule has 0 saturated carbocycles. The molecule has 0 radical (unpaired) electrons. The molecule has 3 heterocycles. The van der Waals surface area contributed by atoms with E-state index in [0.717, 1.165) is 0 Å². The van der Waals surface area contributed by atoms with E-state index in [2.05, 4.69) is 26.3 Å². The van der Waals surface area contributed by atoms with Crippen molar-refractivity contribution >= 4 is 47.6 Å². The zero-order valence-electron chi connectivity index (χ0n) is 26.0. The van der Waals surface area contributed by atoms with Crippen molar-refractivity contribution in [3.8, 4) is 5.75 Å². The summed E-state index contributed by atoms with van der Waals surface area (Å²) in [4.78, 5) is 53.8. The minimum absolute atomic E-state index is 0. The van der Waals surface area contributed by atoms with Gasteiger partial charge in [-0.1, -0.05) is 30.7 Å². The second-order valence-electron chi connectivity index (χ2n) is 11.4. The molecule has 0 spiro atoms. The predicted molar refractivity (Wildman–Crippen MR) is 170 cm³/mol. The van der Waals surface area contributed by atoms with E-state index in [0.29, 0.717) is 50.4 Å². The average Bonchev–Trinajstić information content (AvgIpc) is 3.42. The number of aliphatic hydroxyl groups excluding tert-OH is 1. The smallest absolute Gasteiger partial charge is 0.252 e. The number of ether oxygens (including phenoxy) is 1. The van der Waals surface area contributed by atoms with Crippen LogP contribution in [0.2, 0.25) is 5.02 Å². The number of nitrogens with zero attached hydrogens (tertiary/aromatic N) is 4. The van der Waals surface area contributed by atoms with Crippen molar-refractivity contribution in [1.29, 1.82) is 0 Å². The zero-order valence-corrected chi connectivity index (χ0v) is 27.6. The second-order valence-corrected chi connectivity index (χ2v) is 11.8. The number of aromatic nitrogens is 3. The number of aliphatic hydroxyl groups is 1. The number of amides is 4. The molecule has 0 saturated heterocycles. The molecule has 14 nitrogen and oxygen atoms in total. The van der Waals surface area contributed by atoms with E-state index in [1.807, 2.05) is 13.8 Å². The van der Waals surface area contributed by atoms with Gasteiger partial charge in [-0.15, -0.1) is 17.5 Å². The monoisotopic (exact) mass is 670 g/mol. The topological polar surface area (TPSA) is 194 Å². The second kappa shape index (κ2) is 17.9. The lowest BCUT2D eigenvalue weighted by atomic mass is 10.0. The van der Waals surface area contributed by atoms with Gasteiger partial charge in [0, 0.05) is 50.8 Å². The Labute approximate surface area is 274 Å². The van der Waals surface area contributed by atoms with Crippen molar-refractivity contribution in [2.75, 3.05) is 26.2 Å². The van der Waals surface area contributed by atoms with Crippen LogP contribution in [0, 0.1) is 5.92 Å². The molecule has 0 fully saturated rings. The Morgan fingerprint density at radius 1 is 1.13 bits per heavy atom. The number of benzene rings is 1. The molecule has 4 rings (SSSR count). The highest BCUT2D eigenvalue weighted by molar-refractivity contribution is 6.32. The quantitative estimate of drug-likeness (QED) is 0.291. The Kier molecular flexibility index (Phi) is 15.0.